The highest BCUT2D eigenvalue weighted by atomic mass is 16.6. The first-order valence-corrected chi connectivity index (χ1v) is 7.01. The van der Waals surface area contributed by atoms with Gasteiger partial charge in [0, 0.05) is 18.6 Å². The average Bonchev–Trinajstić information content (AvgIpc) is 2.55. The number of aromatic nitrogens is 2. The van der Waals surface area contributed by atoms with E-state index < -0.39 is 16.6 Å². The Morgan fingerprint density at radius 2 is 2.04 bits per heavy atom. The van der Waals surface area contributed by atoms with Crippen LogP contribution in [-0.4, -0.2) is 27.5 Å². The number of nitro groups is 1. The summed E-state index contributed by atoms with van der Waals surface area (Å²) in [6.45, 7) is 3.60. The summed E-state index contributed by atoms with van der Waals surface area (Å²) in [5.74, 6) is -0.730. The molecule has 2 aromatic heterocycles. The molecule has 2 rings (SSSR count). The summed E-state index contributed by atoms with van der Waals surface area (Å²) in [4.78, 5) is 30.5. The summed E-state index contributed by atoms with van der Waals surface area (Å²) in [6.07, 6.45) is 4.59. The Bertz CT molecular complexity index is 706. The molecule has 0 bridgehead atoms. The zero-order valence-electron chi connectivity index (χ0n) is 12.7. The molecule has 1 atom stereocenters. The maximum absolute atomic E-state index is 11.9. The molecule has 2 heterocycles. The number of nitrogens with zero attached hydrogens (tertiary/aromatic N) is 3. The number of esters is 1. The van der Waals surface area contributed by atoms with E-state index in [1.54, 1.807) is 31.5 Å². The van der Waals surface area contributed by atoms with Crippen molar-refractivity contribution in [3.8, 4) is 0 Å². The second-order valence-electron chi connectivity index (χ2n) is 4.68. The van der Waals surface area contributed by atoms with Crippen molar-refractivity contribution < 1.29 is 14.5 Å². The molecule has 0 radical (unpaired) electrons. The number of carbonyl (C=O) groups excluding carboxylic acids is 1. The summed E-state index contributed by atoms with van der Waals surface area (Å²) in [5.41, 5.74) is 0.362. The molecule has 0 saturated heterocycles. The lowest BCUT2D eigenvalue weighted by atomic mass is 10.1. The molecule has 120 valence electrons. The van der Waals surface area contributed by atoms with E-state index in [-0.39, 0.29) is 24.0 Å². The zero-order chi connectivity index (χ0) is 16.8. The minimum atomic E-state index is -0.749. The van der Waals surface area contributed by atoms with Gasteiger partial charge < -0.3 is 10.1 Å². The van der Waals surface area contributed by atoms with E-state index in [1.165, 1.54) is 12.3 Å². The Morgan fingerprint density at radius 3 is 2.65 bits per heavy atom. The van der Waals surface area contributed by atoms with Crippen molar-refractivity contribution in [2.45, 2.75) is 19.9 Å². The van der Waals surface area contributed by atoms with Gasteiger partial charge in [-0.2, -0.15) is 0 Å². The molecule has 2 aromatic rings. The second kappa shape index (κ2) is 7.30. The maximum atomic E-state index is 11.9. The van der Waals surface area contributed by atoms with Gasteiger partial charge in [0.05, 0.1) is 17.6 Å². The normalized spacial score (nSPS) is 11.6. The molecule has 8 heteroatoms. The third-order valence-electron chi connectivity index (χ3n) is 3.16. The van der Waals surface area contributed by atoms with Gasteiger partial charge in [0.25, 0.3) is 0 Å². The highest BCUT2D eigenvalue weighted by molar-refractivity contribution is 5.96. The molecule has 8 nitrogen and oxygen atoms in total. The standard InChI is InChI=1S/C15H16N4O4/c1-3-23-15(20)12-6-9-17-14(13(12)19(21)22)18-10(2)11-4-7-16-8-5-11/h4-10H,3H2,1-2H3,(H,17,18)/t10-/m1/s1. The third-order valence-corrected chi connectivity index (χ3v) is 3.16. The average molecular weight is 316 g/mol. The molecule has 0 unspecified atom stereocenters. The largest absolute Gasteiger partial charge is 0.462 e. The number of ether oxygens (including phenoxy) is 1. The lowest BCUT2D eigenvalue weighted by Crippen LogP contribution is -2.14. The Labute approximate surface area is 132 Å². The van der Waals surface area contributed by atoms with Crippen molar-refractivity contribution in [2.75, 3.05) is 11.9 Å². The van der Waals surface area contributed by atoms with E-state index >= 15 is 0 Å². The fourth-order valence-electron chi connectivity index (χ4n) is 2.06. The molecule has 23 heavy (non-hydrogen) atoms. The van der Waals surface area contributed by atoms with Gasteiger partial charge in [-0.05, 0) is 37.6 Å². The highest BCUT2D eigenvalue weighted by Gasteiger charge is 2.27. The zero-order valence-corrected chi connectivity index (χ0v) is 12.7. The van der Waals surface area contributed by atoms with Crippen LogP contribution in [0.15, 0.2) is 36.8 Å². The SMILES string of the molecule is CCOC(=O)c1ccnc(N[C@H](C)c2ccncc2)c1[N+](=O)[O-]. The molecule has 0 aliphatic carbocycles. The van der Waals surface area contributed by atoms with E-state index in [0.29, 0.717) is 0 Å². The molecule has 1 N–H and O–H groups in total. The van der Waals surface area contributed by atoms with Gasteiger partial charge in [0.15, 0.2) is 0 Å². The predicted molar refractivity (Wildman–Crippen MR) is 83.1 cm³/mol. The van der Waals surface area contributed by atoms with E-state index in [9.17, 15) is 14.9 Å². The first-order chi connectivity index (χ1) is 11.0. The van der Waals surface area contributed by atoms with Crippen LogP contribution in [0.5, 0.6) is 0 Å². The number of hydrogen-bond acceptors (Lipinski definition) is 7. The van der Waals surface area contributed by atoms with Crippen LogP contribution in [0.2, 0.25) is 0 Å². The number of pyridine rings is 2. The van der Waals surface area contributed by atoms with Crippen LogP contribution < -0.4 is 5.32 Å². The Balaban J connectivity index is 2.37. The number of nitrogens with one attached hydrogen (secondary N) is 1. The van der Waals surface area contributed by atoms with Crippen LogP contribution in [0.4, 0.5) is 11.5 Å². The summed E-state index contributed by atoms with van der Waals surface area (Å²) < 4.78 is 4.86. The van der Waals surface area contributed by atoms with Gasteiger partial charge in [-0.15, -0.1) is 0 Å². The lowest BCUT2D eigenvalue weighted by Gasteiger charge is -2.15. The monoisotopic (exact) mass is 316 g/mol. The van der Waals surface area contributed by atoms with Gasteiger partial charge >= 0.3 is 11.7 Å². The second-order valence-corrected chi connectivity index (χ2v) is 4.68. The highest BCUT2D eigenvalue weighted by Crippen LogP contribution is 2.29. The van der Waals surface area contributed by atoms with Crippen LogP contribution in [0.1, 0.15) is 35.8 Å². The number of anilines is 1. The van der Waals surface area contributed by atoms with Gasteiger partial charge in [-0.3, -0.25) is 15.1 Å². The van der Waals surface area contributed by atoms with Crippen LogP contribution in [0.3, 0.4) is 0 Å². The van der Waals surface area contributed by atoms with Crippen molar-refractivity contribution in [1.29, 1.82) is 0 Å². The quantitative estimate of drug-likeness (QED) is 0.496. The van der Waals surface area contributed by atoms with Gasteiger partial charge in [-0.1, -0.05) is 0 Å². The molecule has 0 amide bonds. The Kier molecular flexibility index (Phi) is 5.19. The van der Waals surface area contributed by atoms with Crippen molar-refractivity contribution >= 4 is 17.5 Å². The minimum absolute atomic E-state index is 0.0184. The van der Waals surface area contributed by atoms with Crippen molar-refractivity contribution in [1.82, 2.24) is 9.97 Å². The molecule has 0 saturated carbocycles. The summed E-state index contributed by atoms with van der Waals surface area (Å²) in [6, 6.07) is 4.61. The van der Waals surface area contributed by atoms with E-state index in [1.807, 2.05) is 6.92 Å². The fraction of sp³-hybridized carbons (Fsp3) is 0.267. The first-order valence-electron chi connectivity index (χ1n) is 7.01. The van der Waals surface area contributed by atoms with Crippen molar-refractivity contribution in [3.05, 3.63) is 58.0 Å². The molecule has 0 aliphatic rings. The smallest absolute Gasteiger partial charge is 0.345 e. The molecule has 0 aliphatic heterocycles. The summed E-state index contributed by atoms with van der Waals surface area (Å²) >= 11 is 0. The minimum Gasteiger partial charge on any atom is -0.462 e. The first kappa shape index (κ1) is 16.3. The third kappa shape index (κ3) is 3.79. The Hall–Kier alpha value is -3.03. The topological polar surface area (TPSA) is 107 Å². The van der Waals surface area contributed by atoms with E-state index in [2.05, 4.69) is 15.3 Å². The molecular formula is C15H16N4O4. The van der Waals surface area contributed by atoms with Crippen LogP contribution >= 0.6 is 0 Å². The molecule has 0 fully saturated rings. The molecule has 0 aromatic carbocycles. The Morgan fingerprint density at radius 1 is 1.35 bits per heavy atom. The number of carbonyl (C=O) groups is 1. The number of rotatable bonds is 6. The summed E-state index contributed by atoms with van der Waals surface area (Å²) in [7, 11) is 0. The van der Waals surface area contributed by atoms with Crippen LogP contribution in [0.25, 0.3) is 0 Å². The van der Waals surface area contributed by atoms with Gasteiger partial charge in [-0.25, -0.2) is 9.78 Å². The predicted octanol–water partition coefficient (Wildman–Crippen LogP) is 2.73. The van der Waals surface area contributed by atoms with Crippen molar-refractivity contribution in [3.63, 3.8) is 0 Å². The molecule has 0 spiro atoms. The van der Waals surface area contributed by atoms with Crippen molar-refractivity contribution in [2.24, 2.45) is 0 Å². The number of hydrogen-bond donors (Lipinski definition) is 1. The lowest BCUT2D eigenvalue weighted by molar-refractivity contribution is -0.384. The fourth-order valence-corrected chi connectivity index (χ4v) is 2.06. The van der Waals surface area contributed by atoms with E-state index in [4.69, 9.17) is 4.74 Å². The van der Waals surface area contributed by atoms with Gasteiger partial charge in [0.1, 0.15) is 5.56 Å². The van der Waals surface area contributed by atoms with Crippen LogP contribution in [0, 0.1) is 10.1 Å². The molecular weight excluding hydrogens is 300 g/mol. The van der Waals surface area contributed by atoms with E-state index in [0.717, 1.165) is 5.56 Å². The van der Waals surface area contributed by atoms with Gasteiger partial charge in [0.2, 0.25) is 5.82 Å². The van der Waals surface area contributed by atoms with Crippen LogP contribution in [-0.2, 0) is 4.74 Å². The summed E-state index contributed by atoms with van der Waals surface area (Å²) in [5, 5.41) is 14.3. The maximum Gasteiger partial charge on any atom is 0.345 e.